The van der Waals surface area contributed by atoms with Gasteiger partial charge in [0.1, 0.15) is 17.5 Å². The van der Waals surface area contributed by atoms with Gasteiger partial charge < -0.3 is 9.30 Å². The van der Waals surface area contributed by atoms with Crippen molar-refractivity contribution < 1.29 is 9.53 Å². The average molecular weight is 402 g/mol. The van der Waals surface area contributed by atoms with Crippen LogP contribution in [0.15, 0.2) is 72.5 Å². The molecule has 7 heteroatoms. The molecule has 29 heavy (non-hydrogen) atoms. The number of rotatable bonds is 5. The number of carbonyl (C=O) groups is 1. The molecule has 0 saturated carbocycles. The first-order chi connectivity index (χ1) is 14.3. The van der Waals surface area contributed by atoms with Crippen LogP contribution in [0.1, 0.15) is 33.4 Å². The van der Waals surface area contributed by atoms with Crippen molar-refractivity contribution in [3.8, 4) is 5.75 Å². The van der Waals surface area contributed by atoms with Crippen LogP contribution in [0.3, 0.4) is 0 Å². The van der Waals surface area contributed by atoms with Crippen molar-refractivity contribution in [1.29, 1.82) is 0 Å². The van der Waals surface area contributed by atoms with E-state index in [1.54, 1.807) is 12.4 Å². The Morgan fingerprint density at radius 3 is 2.90 bits per heavy atom. The summed E-state index contributed by atoms with van der Waals surface area (Å²) < 4.78 is 7.90. The number of nitrogens with one attached hydrogen (secondary N) is 1. The van der Waals surface area contributed by atoms with E-state index in [4.69, 9.17) is 4.74 Å². The van der Waals surface area contributed by atoms with Crippen LogP contribution in [0, 0.1) is 0 Å². The van der Waals surface area contributed by atoms with Crippen LogP contribution in [-0.4, -0.2) is 20.4 Å². The van der Waals surface area contributed by atoms with Crippen molar-refractivity contribution >= 4 is 22.4 Å². The molecule has 1 atom stereocenters. The highest BCUT2D eigenvalue weighted by Crippen LogP contribution is 2.37. The molecular weight excluding hydrogens is 384 g/mol. The number of hydrogen-bond acceptors (Lipinski definition) is 5. The standard InChI is InChI=1S/C22H18N4O2S/c27-21(18-5-3-11-26(18)13-15-7-9-23-10-8-15)25-22-24-17(14-29-22)20-12-16-4-1-2-6-19(16)28-20/h1-11,14,20H,12-13H2,(H,24,25,27). The van der Waals surface area contributed by atoms with Crippen molar-refractivity contribution in [2.75, 3.05) is 5.32 Å². The molecule has 1 aliphatic heterocycles. The molecule has 3 aromatic heterocycles. The van der Waals surface area contributed by atoms with E-state index in [9.17, 15) is 4.79 Å². The predicted molar refractivity (Wildman–Crippen MR) is 111 cm³/mol. The van der Waals surface area contributed by atoms with Crippen molar-refractivity contribution in [2.24, 2.45) is 0 Å². The first-order valence-electron chi connectivity index (χ1n) is 9.31. The normalized spacial score (nSPS) is 15.0. The summed E-state index contributed by atoms with van der Waals surface area (Å²) in [5.74, 6) is 0.727. The molecule has 4 heterocycles. The van der Waals surface area contributed by atoms with E-state index in [1.807, 2.05) is 58.6 Å². The van der Waals surface area contributed by atoms with Gasteiger partial charge in [0, 0.05) is 36.9 Å². The number of hydrogen-bond donors (Lipinski definition) is 1. The Hall–Kier alpha value is -3.45. The van der Waals surface area contributed by atoms with Crippen LogP contribution in [0.5, 0.6) is 5.75 Å². The summed E-state index contributed by atoms with van der Waals surface area (Å²) in [4.78, 5) is 21.4. The maximum atomic E-state index is 12.8. The van der Waals surface area contributed by atoms with Gasteiger partial charge in [-0.25, -0.2) is 4.98 Å². The fourth-order valence-corrected chi connectivity index (χ4v) is 4.19. The zero-order valence-electron chi connectivity index (χ0n) is 15.5. The molecule has 0 fully saturated rings. The van der Waals surface area contributed by atoms with Gasteiger partial charge in [-0.15, -0.1) is 11.3 Å². The lowest BCUT2D eigenvalue weighted by molar-refractivity contribution is 0.101. The van der Waals surface area contributed by atoms with E-state index in [-0.39, 0.29) is 12.0 Å². The summed E-state index contributed by atoms with van der Waals surface area (Å²) in [7, 11) is 0. The number of para-hydroxylation sites is 1. The second-order valence-electron chi connectivity index (χ2n) is 6.83. The maximum absolute atomic E-state index is 12.8. The molecule has 1 aromatic carbocycles. The van der Waals surface area contributed by atoms with Gasteiger partial charge >= 0.3 is 0 Å². The van der Waals surface area contributed by atoms with Gasteiger partial charge in [-0.3, -0.25) is 15.1 Å². The molecule has 0 aliphatic carbocycles. The van der Waals surface area contributed by atoms with E-state index < -0.39 is 0 Å². The molecule has 6 nitrogen and oxygen atoms in total. The monoisotopic (exact) mass is 402 g/mol. The minimum atomic E-state index is -0.180. The molecule has 1 amide bonds. The second-order valence-corrected chi connectivity index (χ2v) is 7.68. The first-order valence-corrected chi connectivity index (χ1v) is 10.2. The zero-order valence-corrected chi connectivity index (χ0v) is 16.3. The summed E-state index contributed by atoms with van der Waals surface area (Å²) in [6.07, 6.45) is 6.08. The fraction of sp³-hybridized carbons (Fsp3) is 0.136. The van der Waals surface area contributed by atoms with Crippen molar-refractivity contribution in [2.45, 2.75) is 19.1 Å². The van der Waals surface area contributed by atoms with E-state index in [0.717, 1.165) is 23.4 Å². The topological polar surface area (TPSA) is 69.0 Å². The Balaban J connectivity index is 1.28. The highest BCUT2D eigenvalue weighted by molar-refractivity contribution is 7.14. The lowest BCUT2D eigenvalue weighted by Gasteiger charge is -2.09. The van der Waals surface area contributed by atoms with E-state index in [0.29, 0.717) is 17.4 Å². The number of benzene rings is 1. The summed E-state index contributed by atoms with van der Waals surface area (Å²) in [6.45, 7) is 0.607. The molecule has 1 unspecified atom stereocenters. The van der Waals surface area contributed by atoms with Gasteiger partial charge in [0.05, 0.1) is 5.69 Å². The lowest BCUT2D eigenvalue weighted by Crippen LogP contribution is -2.17. The third-order valence-electron chi connectivity index (χ3n) is 4.88. The highest BCUT2D eigenvalue weighted by atomic mass is 32.1. The highest BCUT2D eigenvalue weighted by Gasteiger charge is 2.26. The average Bonchev–Trinajstić information content (AvgIpc) is 3.47. The smallest absolute Gasteiger partial charge is 0.274 e. The molecule has 0 spiro atoms. The zero-order chi connectivity index (χ0) is 19.6. The third-order valence-corrected chi connectivity index (χ3v) is 5.66. The van der Waals surface area contributed by atoms with Crippen molar-refractivity contribution in [3.05, 3.63) is 95.0 Å². The van der Waals surface area contributed by atoms with Gasteiger partial charge in [-0.05, 0) is 41.5 Å². The molecule has 4 aromatic rings. The SMILES string of the molecule is O=C(Nc1nc(C2Cc3ccccc3O2)cs1)c1cccn1Cc1ccncc1. The van der Waals surface area contributed by atoms with Gasteiger partial charge in [-0.2, -0.15) is 0 Å². The Bertz CT molecular complexity index is 1130. The predicted octanol–water partition coefficient (Wildman–Crippen LogP) is 4.32. The van der Waals surface area contributed by atoms with E-state index in [2.05, 4.69) is 21.4 Å². The van der Waals surface area contributed by atoms with Crippen LogP contribution in [-0.2, 0) is 13.0 Å². The summed E-state index contributed by atoms with van der Waals surface area (Å²) in [6, 6.07) is 15.6. The van der Waals surface area contributed by atoms with Crippen LogP contribution in [0.2, 0.25) is 0 Å². The Morgan fingerprint density at radius 2 is 2.03 bits per heavy atom. The van der Waals surface area contributed by atoms with Crippen LogP contribution in [0.4, 0.5) is 5.13 Å². The number of pyridine rings is 1. The number of amides is 1. The van der Waals surface area contributed by atoms with Crippen LogP contribution < -0.4 is 10.1 Å². The molecular formula is C22H18N4O2S. The number of thiazole rings is 1. The Kier molecular flexibility index (Phi) is 4.57. The van der Waals surface area contributed by atoms with Crippen LogP contribution in [0.25, 0.3) is 0 Å². The van der Waals surface area contributed by atoms with Crippen molar-refractivity contribution in [1.82, 2.24) is 14.5 Å². The fourth-order valence-electron chi connectivity index (χ4n) is 3.44. The molecule has 1 N–H and O–H groups in total. The molecule has 5 rings (SSSR count). The number of aromatic nitrogens is 3. The minimum Gasteiger partial charge on any atom is -0.483 e. The van der Waals surface area contributed by atoms with Crippen molar-refractivity contribution in [3.63, 3.8) is 0 Å². The quantitative estimate of drug-likeness (QED) is 0.540. The lowest BCUT2D eigenvalue weighted by atomic mass is 10.1. The number of carbonyl (C=O) groups excluding carboxylic acids is 1. The summed E-state index contributed by atoms with van der Waals surface area (Å²) >= 11 is 1.41. The van der Waals surface area contributed by atoms with Gasteiger partial charge in [0.2, 0.25) is 0 Å². The minimum absolute atomic E-state index is 0.107. The number of nitrogens with zero attached hydrogens (tertiary/aromatic N) is 3. The molecule has 1 aliphatic rings. The molecule has 0 bridgehead atoms. The summed E-state index contributed by atoms with van der Waals surface area (Å²) in [5.41, 5.74) is 3.70. The Morgan fingerprint density at radius 1 is 1.17 bits per heavy atom. The summed E-state index contributed by atoms with van der Waals surface area (Å²) in [5, 5.41) is 5.43. The number of ether oxygens (including phenoxy) is 1. The molecule has 0 saturated heterocycles. The first kappa shape index (κ1) is 17.6. The molecule has 144 valence electrons. The van der Waals surface area contributed by atoms with Gasteiger partial charge in [0.25, 0.3) is 5.91 Å². The number of fused-ring (bicyclic) bond motifs is 1. The maximum Gasteiger partial charge on any atom is 0.274 e. The second kappa shape index (κ2) is 7.52. The van der Waals surface area contributed by atoms with Crippen LogP contribution >= 0.6 is 11.3 Å². The van der Waals surface area contributed by atoms with E-state index in [1.165, 1.54) is 16.9 Å². The third kappa shape index (κ3) is 3.64. The largest absolute Gasteiger partial charge is 0.483 e. The number of anilines is 1. The molecule has 0 radical (unpaired) electrons. The van der Waals surface area contributed by atoms with E-state index >= 15 is 0 Å². The Labute approximate surface area is 171 Å². The van der Waals surface area contributed by atoms with Gasteiger partial charge in [0.15, 0.2) is 5.13 Å². The van der Waals surface area contributed by atoms with Gasteiger partial charge in [-0.1, -0.05) is 18.2 Å².